The molecule has 3 aliphatic rings. The van der Waals surface area contributed by atoms with Gasteiger partial charge in [0.05, 0.1) is 0 Å². The van der Waals surface area contributed by atoms with E-state index in [1.165, 1.54) is 4.90 Å². The van der Waals surface area contributed by atoms with Crippen LogP contribution in [0.4, 0.5) is 4.79 Å². The quantitative estimate of drug-likeness (QED) is 0.753. The van der Waals surface area contributed by atoms with E-state index < -0.39 is 5.54 Å². The molecular formula is C15H23N3O4. The standard InChI is InChI=1S/C15H23N3O4/c1-10(2)18-13(20)15(16-14(18)21)5-7-17(8-6-15)12(19)11-4-3-9-22-11/h10-11H,3-9H2,1-2H3,(H,16,21). The predicted octanol–water partition coefficient (Wildman–Crippen LogP) is 0.487. The number of nitrogens with one attached hydrogen (secondary N) is 1. The maximum Gasteiger partial charge on any atom is 0.325 e. The lowest BCUT2D eigenvalue weighted by atomic mass is 9.87. The van der Waals surface area contributed by atoms with E-state index in [0.717, 1.165) is 12.8 Å². The molecule has 3 rings (SSSR count). The van der Waals surface area contributed by atoms with Crippen molar-refractivity contribution in [2.24, 2.45) is 0 Å². The molecule has 3 heterocycles. The third kappa shape index (κ3) is 2.37. The van der Waals surface area contributed by atoms with E-state index in [4.69, 9.17) is 4.74 Å². The summed E-state index contributed by atoms with van der Waals surface area (Å²) in [5.74, 6) is -0.137. The molecule has 0 bridgehead atoms. The number of carbonyl (C=O) groups is 3. The van der Waals surface area contributed by atoms with E-state index in [2.05, 4.69) is 5.32 Å². The van der Waals surface area contributed by atoms with Crippen LogP contribution in [0, 0.1) is 0 Å². The first-order chi connectivity index (χ1) is 10.4. The Morgan fingerprint density at radius 2 is 2.00 bits per heavy atom. The Morgan fingerprint density at radius 3 is 2.50 bits per heavy atom. The van der Waals surface area contributed by atoms with Crippen LogP contribution in [-0.2, 0) is 14.3 Å². The molecule has 7 heteroatoms. The topological polar surface area (TPSA) is 79.0 Å². The van der Waals surface area contributed by atoms with Crippen LogP contribution in [0.3, 0.4) is 0 Å². The first kappa shape index (κ1) is 15.3. The fraction of sp³-hybridized carbons (Fsp3) is 0.800. The van der Waals surface area contributed by atoms with Crippen molar-refractivity contribution in [3.63, 3.8) is 0 Å². The molecule has 0 aromatic carbocycles. The number of imide groups is 1. The van der Waals surface area contributed by atoms with Gasteiger partial charge in [0.2, 0.25) is 0 Å². The minimum atomic E-state index is -0.825. The van der Waals surface area contributed by atoms with Gasteiger partial charge in [0.1, 0.15) is 11.6 Å². The maximum absolute atomic E-state index is 12.6. The molecule has 4 amide bonds. The predicted molar refractivity (Wildman–Crippen MR) is 78.0 cm³/mol. The summed E-state index contributed by atoms with van der Waals surface area (Å²) in [5, 5.41) is 2.85. The molecule has 0 saturated carbocycles. The number of nitrogens with zero attached hydrogens (tertiary/aromatic N) is 2. The van der Waals surface area contributed by atoms with Crippen LogP contribution in [-0.4, -0.2) is 65.0 Å². The summed E-state index contributed by atoms with van der Waals surface area (Å²) in [6, 6.07) is -0.475. The monoisotopic (exact) mass is 309 g/mol. The molecule has 3 aliphatic heterocycles. The molecule has 22 heavy (non-hydrogen) atoms. The number of rotatable bonds is 2. The highest BCUT2D eigenvalue weighted by atomic mass is 16.5. The summed E-state index contributed by atoms with van der Waals surface area (Å²) in [7, 11) is 0. The molecule has 1 atom stereocenters. The summed E-state index contributed by atoms with van der Waals surface area (Å²) in [4.78, 5) is 40.0. The van der Waals surface area contributed by atoms with Gasteiger partial charge in [0.25, 0.3) is 11.8 Å². The second-order valence-corrected chi connectivity index (χ2v) is 6.61. The Kier molecular flexibility index (Phi) is 3.84. The first-order valence-electron chi connectivity index (χ1n) is 8.01. The molecule has 1 N–H and O–H groups in total. The van der Waals surface area contributed by atoms with E-state index in [0.29, 0.717) is 32.5 Å². The fourth-order valence-corrected chi connectivity index (χ4v) is 3.53. The lowest BCUT2D eigenvalue weighted by Gasteiger charge is -2.38. The van der Waals surface area contributed by atoms with Gasteiger partial charge in [-0.1, -0.05) is 0 Å². The molecule has 0 aromatic rings. The fourth-order valence-electron chi connectivity index (χ4n) is 3.53. The molecule has 3 saturated heterocycles. The Labute approximate surface area is 129 Å². The summed E-state index contributed by atoms with van der Waals surface area (Å²) in [6.45, 7) is 5.26. The van der Waals surface area contributed by atoms with Crippen LogP contribution >= 0.6 is 0 Å². The highest BCUT2D eigenvalue weighted by molar-refractivity contribution is 6.07. The first-order valence-corrected chi connectivity index (χ1v) is 8.01. The number of urea groups is 1. The Morgan fingerprint density at radius 1 is 1.32 bits per heavy atom. The zero-order chi connectivity index (χ0) is 15.9. The number of piperidine rings is 1. The molecule has 7 nitrogen and oxygen atoms in total. The number of hydrogen-bond acceptors (Lipinski definition) is 4. The Bertz CT molecular complexity index is 491. The lowest BCUT2D eigenvalue weighted by Crippen LogP contribution is -2.57. The number of amides is 4. The van der Waals surface area contributed by atoms with Crippen LogP contribution < -0.4 is 5.32 Å². The van der Waals surface area contributed by atoms with Gasteiger partial charge in [0.15, 0.2) is 0 Å². The molecule has 3 fully saturated rings. The number of likely N-dealkylation sites (tertiary alicyclic amines) is 1. The largest absolute Gasteiger partial charge is 0.368 e. The van der Waals surface area contributed by atoms with E-state index in [-0.39, 0.29) is 30.0 Å². The highest BCUT2D eigenvalue weighted by Crippen LogP contribution is 2.31. The average Bonchev–Trinajstić information content (AvgIpc) is 3.07. The van der Waals surface area contributed by atoms with Crippen LogP contribution in [0.25, 0.3) is 0 Å². The second-order valence-electron chi connectivity index (χ2n) is 6.61. The minimum Gasteiger partial charge on any atom is -0.368 e. The number of ether oxygens (including phenoxy) is 1. The third-order valence-electron chi connectivity index (χ3n) is 4.84. The molecular weight excluding hydrogens is 286 g/mol. The summed E-state index contributed by atoms with van der Waals surface area (Å²) in [6.07, 6.45) is 2.32. The van der Waals surface area contributed by atoms with Crippen LogP contribution in [0.1, 0.15) is 39.5 Å². The van der Waals surface area contributed by atoms with Crippen molar-refractivity contribution < 1.29 is 19.1 Å². The van der Waals surface area contributed by atoms with Gasteiger partial charge in [-0.05, 0) is 39.5 Å². The normalized spacial score (nSPS) is 27.9. The molecule has 1 unspecified atom stereocenters. The molecule has 0 aliphatic carbocycles. The molecule has 1 spiro atoms. The second kappa shape index (κ2) is 5.53. The van der Waals surface area contributed by atoms with Gasteiger partial charge >= 0.3 is 6.03 Å². The highest BCUT2D eigenvalue weighted by Gasteiger charge is 2.53. The van der Waals surface area contributed by atoms with Gasteiger partial charge in [-0.15, -0.1) is 0 Å². The molecule has 0 radical (unpaired) electrons. The van der Waals surface area contributed by atoms with E-state index in [1.54, 1.807) is 4.90 Å². The van der Waals surface area contributed by atoms with Crippen molar-refractivity contribution in [3.05, 3.63) is 0 Å². The summed E-state index contributed by atoms with van der Waals surface area (Å²) in [5.41, 5.74) is -0.825. The Hall–Kier alpha value is -1.63. The van der Waals surface area contributed by atoms with Gasteiger partial charge in [0, 0.05) is 25.7 Å². The van der Waals surface area contributed by atoms with Crippen molar-refractivity contribution in [1.29, 1.82) is 0 Å². The van der Waals surface area contributed by atoms with E-state index in [1.807, 2.05) is 13.8 Å². The van der Waals surface area contributed by atoms with Crippen molar-refractivity contribution >= 4 is 17.8 Å². The van der Waals surface area contributed by atoms with Crippen LogP contribution in [0.5, 0.6) is 0 Å². The Balaban J connectivity index is 1.65. The minimum absolute atomic E-state index is 0.0184. The van der Waals surface area contributed by atoms with Gasteiger partial charge in [-0.2, -0.15) is 0 Å². The van der Waals surface area contributed by atoms with E-state index >= 15 is 0 Å². The summed E-state index contributed by atoms with van der Waals surface area (Å²) >= 11 is 0. The maximum atomic E-state index is 12.6. The number of hydrogen-bond donors (Lipinski definition) is 1. The average molecular weight is 309 g/mol. The van der Waals surface area contributed by atoms with Gasteiger partial charge in [-0.25, -0.2) is 4.79 Å². The zero-order valence-corrected chi connectivity index (χ0v) is 13.1. The van der Waals surface area contributed by atoms with E-state index in [9.17, 15) is 14.4 Å². The van der Waals surface area contributed by atoms with Crippen molar-refractivity contribution in [3.8, 4) is 0 Å². The molecule has 0 aromatic heterocycles. The summed E-state index contributed by atoms with van der Waals surface area (Å²) < 4.78 is 5.44. The third-order valence-corrected chi connectivity index (χ3v) is 4.84. The lowest BCUT2D eigenvalue weighted by molar-refractivity contribution is -0.145. The number of carbonyl (C=O) groups excluding carboxylic acids is 3. The van der Waals surface area contributed by atoms with Crippen molar-refractivity contribution in [2.75, 3.05) is 19.7 Å². The van der Waals surface area contributed by atoms with Crippen molar-refractivity contribution in [1.82, 2.24) is 15.1 Å². The van der Waals surface area contributed by atoms with Crippen molar-refractivity contribution in [2.45, 2.75) is 57.2 Å². The zero-order valence-electron chi connectivity index (χ0n) is 13.1. The van der Waals surface area contributed by atoms with Gasteiger partial charge in [-0.3, -0.25) is 14.5 Å². The van der Waals surface area contributed by atoms with Gasteiger partial charge < -0.3 is 15.0 Å². The smallest absolute Gasteiger partial charge is 0.325 e. The van der Waals surface area contributed by atoms with Crippen LogP contribution in [0.15, 0.2) is 0 Å². The SMILES string of the molecule is CC(C)N1C(=O)NC2(CCN(C(=O)C3CCCO3)CC2)C1=O. The van der Waals surface area contributed by atoms with Crippen LogP contribution in [0.2, 0.25) is 0 Å². The molecule has 122 valence electrons.